The Balaban J connectivity index is 1.68. The van der Waals surface area contributed by atoms with Crippen LogP contribution >= 0.6 is 11.3 Å². The minimum atomic E-state index is -0.955. The molecule has 1 atom stereocenters. The third-order valence-electron chi connectivity index (χ3n) is 6.35. The Morgan fingerprint density at radius 3 is 2.51 bits per heavy atom. The second-order valence-electron chi connectivity index (χ2n) is 8.28. The summed E-state index contributed by atoms with van der Waals surface area (Å²) in [6.07, 6.45) is 0. The van der Waals surface area contributed by atoms with E-state index in [4.69, 9.17) is 18.6 Å². The van der Waals surface area contributed by atoms with Crippen LogP contribution in [-0.2, 0) is 0 Å². The van der Waals surface area contributed by atoms with Gasteiger partial charge >= 0.3 is 0 Å². The van der Waals surface area contributed by atoms with Crippen LogP contribution in [0, 0.1) is 5.82 Å². The lowest BCUT2D eigenvalue weighted by Crippen LogP contribution is -2.29. The van der Waals surface area contributed by atoms with Crippen LogP contribution < -0.4 is 24.5 Å². The number of carbonyl (C=O) groups is 1. The maximum Gasteiger partial charge on any atom is 0.297 e. The average molecular weight is 519 g/mol. The number of benzene rings is 3. The Kier molecular flexibility index (Phi) is 5.34. The normalized spacial score (nSPS) is 14.9. The zero-order valence-electron chi connectivity index (χ0n) is 19.9. The van der Waals surface area contributed by atoms with Crippen LogP contribution in [0.5, 0.6) is 17.2 Å². The number of carbonyl (C=O) groups excluding carboxylic acids is 1. The van der Waals surface area contributed by atoms with Gasteiger partial charge in [-0.25, -0.2) is 9.37 Å². The number of ether oxygens (including phenoxy) is 3. The van der Waals surface area contributed by atoms with Crippen molar-refractivity contribution in [2.24, 2.45) is 0 Å². The molecule has 0 aliphatic carbocycles. The molecule has 1 unspecified atom stereocenters. The predicted octanol–water partition coefficient (Wildman–Crippen LogP) is 5.32. The maximum absolute atomic E-state index is 13.9. The molecule has 1 aliphatic heterocycles. The van der Waals surface area contributed by atoms with Gasteiger partial charge in [-0.05, 0) is 42.5 Å². The molecular weight excluding hydrogens is 499 g/mol. The first kappa shape index (κ1) is 23.0. The Morgan fingerprint density at radius 2 is 1.76 bits per heavy atom. The Labute approximate surface area is 213 Å². The van der Waals surface area contributed by atoms with Gasteiger partial charge in [-0.15, -0.1) is 0 Å². The monoisotopic (exact) mass is 518 g/mol. The standard InChI is InChI=1S/C27H19FN2O6S/c1-33-18-11-9-15(23(34-2)24(18)35-3)21-20-22(31)14-6-4-5-7-17(14)36-25(20)26(32)30(21)27-29-16-10-8-13(28)12-19(16)37-27/h4-12,21H,1-3H3. The number of thiazole rings is 1. The van der Waals surface area contributed by atoms with Crippen LogP contribution in [0.15, 0.2) is 63.8 Å². The molecule has 0 spiro atoms. The second kappa shape index (κ2) is 8.59. The highest BCUT2D eigenvalue weighted by Gasteiger charge is 2.46. The van der Waals surface area contributed by atoms with Crippen molar-refractivity contribution in [3.8, 4) is 17.2 Å². The molecule has 3 aromatic carbocycles. The quantitative estimate of drug-likeness (QED) is 0.311. The zero-order chi connectivity index (χ0) is 25.8. The molecule has 1 aliphatic rings. The van der Waals surface area contributed by atoms with Crippen molar-refractivity contribution >= 4 is 43.6 Å². The summed E-state index contributed by atoms with van der Waals surface area (Å²) < 4.78 is 37.2. The lowest BCUT2D eigenvalue weighted by Gasteiger charge is -2.25. The first-order chi connectivity index (χ1) is 18.0. The first-order valence-electron chi connectivity index (χ1n) is 11.2. The molecule has 0 saturated carbocycles. The van der Waals surface area contributed by atoms with Crippen LogP contribution in [0.1, 0.15) is 27.7 Å². The van der Waals surface area contributed by atoms with Crippen LogP contribution in [0.3, 0.4) is 0 Å². The second-order valence-corrected chi connectivity index (χ2v) is 9.29. The lowest BCUT2D eigenvalue weighted by atomic mass is 9.97. The van der Waals surface area contributed by atoms with Gasteiger partial charge < -0.3 is 18.6 Å². The zero-order valence-corrected chi connectivity index (χ0v) is 20.7. The van der Waals surface area contributed by atoms with E-state index in [1.54, 1.807) is 42.5 Å². The Bertz CT molecular complexity index is 1780. The Hall–Kier alpha value is -4.44. The number of methoxy groups -OCH3 is 3. The fourth-order valence-electron chi connectivity index (χ4n) is 4.74. The van der Waals surface area contributed by atoms with Crippen molar-refractivity contribution in [3.63, 3.8) is 0 Å². The summed E-state index contributed by atoms with van der Waals surface area (Å²) in [5.74, 6) is -0.0348. The third kappa shape index (κ3) is 3.36. The van der Waals surface area contributed by atoms with E-state index in [2.05, 4.69) is 4.98 Å². The average Bonchev–Trinajstić information content (AvgIpc) is 3.45. The van der Waals surface area contributed by atoms with Gasteiger partial charge in [-0.1, -0.05) is 23.5 Å². The summed E-state index contributed by atoms with van der Waals surface area (Å²) in [6, 6.07) is 13.4. The highest BCUT2D eigenvalue weighted by Crippen LogP contribution is 2.50. The van der Waals surface area contributed by atoms with Gasteiger partial charge in [0, 0.05) is 5.56 Å². The minimum Gasteiger partial charge on any atom is -0.493 e. The molecule has 1 amide bonds. The number of anilines is 1. The molecule has 0 N–H and O–H groups in total. The first-order valence-corrected chi connectivity index (χ1v) is 12.0. The summed E-state index contributed by atoms with van der Waals surface area (Å²) >= 11 is 1.14. The van der Waals surface area contributed by atoms with Crippen molar-refractivity contribution in [3.05, 3.63) is 87.5 Å². The van der Waals surface area contributed by atoms with E-state index in [1.165, 1.54) is 38.4 Å². The van der Waals surface area contributed by atoms with E-state index in [9.17, 15) is 14.0 Å². The third-order valence-corrected chi connectivity index (χ3v) is 7.37. The largest absolute Gasteiger partial charge is 0.493 e. The molecule has 186 valence electrons. The van der Waals surface area contributed by atoms with Crippen molar-refractivity contribution in [1.82, 2.24) is 4.98 Å². The van der Waals surface area contributed by atoms with Gasteiger partial charge in [-0.2, -0.15) is 0 Å². The van der Waals surface area contributed by atoms with Crippen molar-refractivity contribution in [2.75, 3.05) is 26.2 Å². The number of para-hydroxylation sites is 1. The fourth-order valence-corrected chi connectivity index (χ4v) is 5.76. The number of hydrogen-bond donors (Lipinski definition) is 0. The van der Waals surface area contributed by atoms with Gasteiger partial charge in [-0.3, -0.25) is 14.5 Å². The summed E-state index contributed by atoms with van der Waals surface area (Å²) in [5.41, 5.74) is 1.10. The molecule has 0 bridgehead atoms. The SMILES string of the molecule is COc1ccc(C2c3c(oc4ccccc4c3=O)C(=O)N2c2nc3ccc(F)cc3s2)c(OC)c1OC. The maximum atomic E-state index is 13.9. The number of hydrogen-bond acceptors (Lipinski definition) is 8. The van der Waals surface area contributed by atoms with E-state index >= 15 is 0 Å². The van der Waals surface area contributed by atoms with E-state index in [0.717, 1.165) is 11.3 Å². The highest BCUT2D eigenvalue weighted by molar-refractivity contribution is 7.22. The van der Waals surface area contributed by atoms with Gasteiger partial charge in [0.05, 0.1) is 42.5 Å². The number of fused-ring (bicyclic) bond motifs is 3. The number of rotatable bonds is 5. The van der Waals surface area contributed by atoms with Gasteiger partial charge in [0.15, 0.2) is 22.1 Å². The molecule has 0 radical (unpaired) electrons. The molecule has 37 heavy (non-hydrogen) atoms. The van der Waals surface area contributed by atoms with Crippen molar-refractivity contribution in [1.29, 1.82) is 0 Å². The molecule has 8 nitrogen and oxygen atoms in total. The number of halogens is 1. The molecule has 2 aromatic heterocycles. The lowest BCUT2D eigenvalue weighted by molar-refractivity contribution is 0.0970. The summed E-state index contributed by atoms with van der Waals surface area (Å²) in [4.78, 5) is 33.7. The van der Waals surface area contributed by atoms with Crippen LogP contribution in [0.4, 0.5) is 9.52 Å². The van der Waals surface area contributed by atoms with E-state index in [-0.39, 0.29) is 27.6 Å². The molecule has 6 rings (SSSR count). The van der Waals surface area contributed by atoms with Crippen LogP contribution in [-0.4, -0.2) is 32.2 Å². The van der Waals surface area contributed by atoms with Gasteiger partial charge in [0.1, 0.15) is 17.4 Å². The summed E-state index contributed by atoms with van der Waals surface area (Å²) in [5, 5.41) is 0.619. The topological polar surface area (TPSA) is 91.1 Å². The molecule has 10 heteroatoms. The highest BCUT2D eigenvalue weighted by atomic mass is 32.1. The van der Waals surface area contributed by atoms with E-state index < -0.39 is 17.8 Å². The number of aromatic nitrogens is 1. The van der Waals surface area contributed by atoms with Gasteiger partial charge in [0.25, 0.3) is 5.91 Å². The molecular formula is C27H19FN2O6S. The van der Waals surface area contributed by atoms with Crippen molar-refractivity contribution in [2.45, 2.75) is 6.04 Å². The number of amides is 1. The van der Waals surface area contributed by atoms with Crippen LogP contribution in [0.25, 0.3) is 21.2 Å². The molecule has 0 fully saturated rings. The van der Waals surface area contributed by atoms with E-state index in [1.807, 2.05) is 0 Å². The smallest absolute Gasteiger partial charge is 0.297 e. The predicted molar refractivity (Wildman–Crippen MR) is 137 cm³/mol. The Morgan fingerprint density at radius 1 is 0.973 bits per heavy atom. The van der Waals surface area contributed by atoms with Crippen molar-refractivity contribution < 1.29 is 27.8 Å². The molecule has 0 saturated heterocycles. The van der Waals surface area contributed by atoms with Gasteiger partial charge in [0.2, 0.25) is 11.5 Å². The fraction of sp³-hybridized carbons (Fsp3) is 0.148. The summed E-state index contributed by atoms with van der Waals surface area (Å²) in [7, 11) is 4.43. The number of nitrogens with zero attached hydrogens (tertiary/aromatic N) is 2. The molecule has 3 heterocycles. The molecule has 5 aromatic rings. The van der Waals surface area contributed by atoms with E-state index in [0.29, 0.717) is 38.2 Å². The summed E-state index contributed by atoms with van der Waals surface area (Å²) in [6.45, 7) is 0. The van der Waals surface area contributed by atoms with Crippen LogP contribution in [0.2, 0.25) is 0 Å². The minimum absolute atomic E-state index is 0.0871.